The molecule has 5 heteroatoms. The molecular formula is C15H16N4S. The number of fused-ring (bicyclic) bond motifs is 1. The molecule has 1 atom stereocenters. The summed E-state index contributed by atoms with van der Waals surface area (Å²) in [5.41, 5.74) is 0.906. The van der Waals surface area contributed by atoms with Crippen LogP contribution in [0.2, 0.25) is 0 Å². The molecular weight excluding hydrogens is 268 g/mol. The van der Waals surface area contributed by atoms with Gasteiger partial charge in [0.15, 0.2) is 11.5 Å². The fourth-order valence-electron chi connectivity index (χ4n) is 2.61. The fraction of sp³-hybridized carbons (Fsp3) is 0.333. The van der Waals surface area contributed by atoms with E-state index in [1.807, 2.05) is 40.1 Å². The molecule has 1 aliphatic carbocycles. The first-order chi connectivity index (χ1) is 9.92. The zero-order valence-corrected chi connectivity index (χ0v) is 11.9. The molecule has 0 aliphatic heterocycles. The highest BCUT2D eigenvalue weighted by atomic mass is 32.1. The predicted molar refractivity (Wildman–Crippen MR) is 79.6 cm³/mol. The second-order valence-electron chi connectivity index (χ2n) is 5.26. The lowest BCUT2D eigenvalue weighted by Gasteiger charge is -2.16. The quantitative estimate of drug-likeness (QED) is 0.783. The Hall–Kier alpha value is -1.72. The highest BCUT2D eigenvalue weighted by Gasteiger charge is 2.32. The van der Waals surface area contributed by atoms with Crippen LogP contribution in [0, 0.1) is 5.92 Å². The maximum Gasteiger partial charge on any atom is 0.160 e. The van der Waals surface area contributed by atoms with Crippen LogP contribution in [0.1, 0.15) is 29.6 Å². The van der Waals surface area contributed by atoms with E-state index >= 15 is 0 Å². The molecule has 102 valence electrons. The lowest BCUT2D eigenvalue weighted by atomic mass is 10.1. The Morgan fingerprint density at radius 3 is 3.00 bits per heavy atom. The van der Waals surface area contributed by atoms with Crippen molar-refractivity contribution in [3.05, 3.63) is 52.6 Å². The third-order valence-corrected chi connectivity index (χ3v) is 4.76. The summed E-state index contributed by atoms with van der Waals surface area (Å²) in [4.78, 5) is 1.43. The molecule has 1 saturated carbocycles. The van der Waals surface area contributed by atoms with E-state index in [4.69, 9.17) is 0 Å². The molecule has 4 rings (SSSR count). The lowest BCUT2D eigenvalue weighted by molar-refractivity contribution is 0.477. The van der Waals surface area contributed by atoms with Crippen LogP contribution >= 0.6 is 11.3 Å². The lowest BCUT2D eigenvalue weighted by Crippen LogP contribution is -2.23. The Bertz CT molecular complexity index is 700. The van der Waals surface area contributed by atoms with Gasteiger partial charge in [0, 0.05) is 17.1 Å². The summed E-state index contributed by atoms with van der Waals surface area (Å²) >= 11 is 1.83. The molecule has 1 N–H and O–H groups in total. The van der Waals surface area contributed by atoms with Crippen molar-refractivity contribution in [1.29, 1.82) is 0 Å². The molecule has 0 radical (unpaired) electrons. The zero-order valence-electron chi connectivity index (χ0n) is 11.1. The Labute approximate surface area is 121 Å². The van der Waals surface area contributed by atoms with Crippen LogP contribution < -0.4 is 5.32 Å². The van der Waals surface area contributed by atoms with Crippen LogP contribution in [0.25, 0.3) is 5.65 Å². The van der Waals surface area contributed by atoms with Crippen LogP contribution in [0.3, 0.4) is 0 Å². The Morgan fingerprint density at radius 1 is 1.25 bits per heavy atom. The molecule has 0 bridgehead atoms. The van der Waals surface area contributed by atoms with E-state index in [1.165, 1.54) is 17.7 Å². The van der Waals surface area contributed by atoms with Gasteiger partial charge in [-0.2, -0.15) is 0 Å². The summed E-state index contributed by atoms with van der Waals surface area (Å²) < 4.78 is 2.05. The van der Waals surface area contributed by atoms with Gasteiger partial charge in [0.25, 0.3) is 0 Å². The minimum atomic E-state index is 0.464. The van der Waals surface area contributed by atoms with Crippen LogP contribution in [0.15, 0.2) is 41.9 Å². The summed E-state index contributed by atoms with van der Waals surface area (Å²) in [6.07, 6.45) is 4.68. The standard InChI is InChI=1S/C15H16N4S/c1-2-8-19-13(5-1)17-18-14(19)10-16-15(11-6-7-11)12-4-3-9-20-12/h1-5,8-9,11,15-16H,6-7,10H2. The second-order valence-corrected chi connectivity index (χ2v) is 6.24. The van der Waals surface area contributed by atoms with Crippen molar-refractivity contribution in [2.45, 2.75) is 25.4 Å². The van der Waals surface area contributed by atoms with Crippen LogP contribution in [0.4, 0.5) is 0 Å². The normalized spacial score (nSPS) is 16.6. The van der Waals surface area contributed by atoms with Gasteiger partial charge in [-0.3, -0.25) is 4.40 Å². The summed E-state index contributed by atoms with van der Waals surface area (Å²) in [5, 5.41) is 14.3. The Kier molecular flexibility index (Phi) is 3.01. The number of thiophene rings is 1. The molecule has 0 saturated heterocycles. The number of hydrogen-bond acceptors (Lipinski definition) is 4. The van der Waals surface area contributed by atoms with Gasteiger partial charge in [0.1, 0.15) is 0 Å². The van der Waals surface area contributed by atoms with E-state index in [-0.39, 0.29) is 0 Å². The first-order valence-electron chi connectivity index (χ1n) is 6.97. The molecule has 4 nitrogen and oxygen atoms in total. The third-order valence-electron chi connectivity index (χ3n) is 3.81. The van der Waals surface area contributed by atoms with E-state index in [0.717, 1.165) is 23.9 Å². The van der Waals surface area contributed by atoms with Crippen molar-refractivity contribution in [2.24, 2.45) is 5.92 Å². The topological polar surface area (TPSA) is 42.2 Å². The van der Waals surface area contributed by atoms with E-state index < -0.39 is 0 Å². The first kappa shape index (κ1) is 12.1. The van der Waals surface area contributed by atoms with Crippen molar-refractivity contribution in [3.63, 3.8) is 0 Å². The molecule has 3 heterocycles. The van der Waals surface area contributed by atoms with Gasteiger partial charge in [-0.1, -0.05) is 12.1 Å². The van der Waals surface area contributed by atoms with Crippen molar-refractivity contribution in [2.75, 3.05) is 0 Å². The average Bonchev–Trinajstić information content (AvgIpc) is 3.02. The number of hydrogen-bond donors (Lipinski definition) is 1. The van der Waals surface area contributed by atoms with Crippen LogP contribution in [-0.4, -0.2) is 14.6 Å². The second kappa shape index (κ2) is 5.00. The number of nitrogens with zero attached hydrogens (tertiary/aromatic N) is 3. The molecule has 1 aliphatic rings. The van der Waals surface area contributed by atoms with E-state index in [1.54, 1.807) is 0 Å². The van der Waals surface area contributed by atoms with Crippen molar-refractivity contribution >= 4 is 17.0 Å². The number of nitrogens with one attached hydrogen (secondary N) is 1. The smallest absolute Gasteiger partial charge is 0.160 e. The monoisotopic (exact) mass is 284 g/mol. The Balaban J connectivity index is 1.54. The van der Waals surface area contributed by atoms with E-state index in [0.29, 0.717) is 6.04 Å². The van der Waals surface area contributed by atoms with Crippen LogP contribution in [0.5, 0.6) is 0 Å². The maximum absolute atomic E-state index is 4.28. The number of pyridine rings is 1. The summed E-state index contributed by atoms with van der Waals surface area (Å²) in [6, 6.07) is 10.8. The third kappa shape index (κ3) is 2.23. The molecule has 1 fully saturated rings. The molecule has 3 aromatic heterocycles. The van der Waals surface area contributed by atoms with Gasteiger partial charge in [-0.15, -0.1) is 21.5 Å². The first-order valence-corrected chi connectivity index (χ1v) is 7.85. The van der Waals surface area contributed by atoms with Crippen molar-refractivity contribution in [3.8, 4) is 0 Å². The van der Waals surface area contributed by atoms with Gasteiger partial charge >= 0.3 is 0 Å². The van der Waals surface area contributed by atoms with Crippen LogP contribution in [-0.2, 0) is 6.54 Å². The van der Waals surface area contributed by atoms with Gasteiger partial charge in [0.2, 0.25) is 0 Å². The highest BCUT2D eigenvalue weighted by Crippen LogP contribution is 2.42. The minimum absolute atomic E-state index is 0.464. The molecule has 3 aromatic rings. The fourth-order valence-corrected chi connectivity index (χ4v) is 3.50. The number of aromatic nitrogens is 3. The zero-order chi connectivity index (χ0) is 13.4. The SMILES string of the molecule is c1csc(C(NCc2nnc3ccccn23)C2CC2)c1. The molecule has 20 heavy (non-hydrogen) atoms. The molecule has 0 aromatic carbocycles. The van der Waals surface area contributed by atoms with Crippen molar-refractivity contribution < 1.29 is 0 Å². The van der Waals surface area contributed by atoms with Gasteiger partial charge in [-0.05, 0) is 42.3 Å². The summed E-state index contributed by atoms with van der Waals surface area (Å²) in [6.45, 7) is 0.754. The molecule has 0 amide bonds. The molecule has 1 unspecified atom stereocenters. The maximum atomic E-state index is 4.28. The largest absolute Gasteiger partial charge is 0.302 e. The van der Waals surface area contributed by atoms with Gasteiger partial charge < -0.3 is 5.32 Å². The Morgan fingerprint density at radius 2 is 2.20 bits per heavy atom. The van der Waals surface area contributed by atoms with Gasteiger partial charge in [0.05, 0.1) is 6.54 Å². The van der Waals surface area contributed by atoms with E-state index in [9.17, 15) is 0 Å². The number of rotatable bonds is 5. The average molecular weight is 284 g/mol. The predicted octanol–water partition coefficient (Wildman–Crippen LogP) is 3.03. The summed E-state index contributed by atoms with van der Waals surface area (Å²) in [7, 11) is 0. The van der Waals surface area contributed by atoms with Crippen molar-refractivity contribution in [1.82, 2.24) is 19.9 Å². The molecule has 0 spiro atoms. The minimum Gasteiger partial charge on any atom is -0.302 e. The summed E-state index contributed by atoms with van der Waals surface area (Å²) in [5.74, 6) is 1.76. The highest BCUT2D eigenvalue weighted by molar-refractivity contribution is 7.10. The van der Waals surface area contributed by atoms with E-state index in [2.05, 4.69) is 33.0 Å². The van der Waals surface area contributed by atoms with Gasteiger partial charge in [-0.25, -0.2) is 0 Å².